The van der Waals surface area contributed by atoms with Gasteiger partial charge in [-0.3, -0.25) is 4.79 Å². The maximum atomic E-state index is 13.0. The Balaban J connectivity index is 2.11. The summed E-state index contributed by atoms with van der Waals surface area (Å²) in [5.41, 5.74) is 0.932. The monoisotopic (exact) mass is 310 g/mol. The molecule has 0 aromatic heterocycles. The van der Waals surface area contributed by atoms with Crippen LogP contribution in [-0.4, -0.2) is 19.0 Å². The highest BCUT2D eigenvalue weighted by Crippen LogP contribution is 2.38. The lowest BCUT2D eigenvalue weighted by Crippen LogP contribution is -2.41. The molecule has 0 saturated carbocycles. The van der Waals surface area contributed by atoms with Crippen LogP contribution in [0.4, 0.5) is 10.5 Å². The molecule has 3 rings (SSSR count). The van der Waals surface area contributed by atoms with E-state index in [1.807, 2.05) is 49.4 Å². The third-order valence-electron chi connectivity index (χ3n) is 4.19. The van der Waals surface area contributed by atoms with Crippen molar-refractivity contribution in [2.24, 2.45) is 0 Å². The number of anilines is 1. The van der Waals surface area contributed by atoms with Gasteiger partial charge in [-0.2, -0.15) is 0 Å². The van der Waals surface area contributed by atoms with Crippen LogP contribution >= 0.6 is 0 Å². The molecule has 1 heterocycles. The maximum Gasteiger partial charge on any atom is 0.330 e. The van der Waals surface area contributed by atoms with Gasteiger partial charge in [0.1, 0.15) is 11.3 Å². The molecule has 1 N–H and O–H groups in total. The Kier molecular flexibility index (Phi) is 3.56. The molecule has 0 spiro atoms. The largest absolute Gasteiger partial charge is 0.495 e. The Morgan fingerprint density at radius 3 is 2.39 bits per heavy atom. The summed E-state index contributed by atoms with van der Waals surface area (Å²) >= 11 is 0. The highest BCUT2D eigenvalue weighted by Gasteiger charge is 2.50. The fourth-order valence-corrected chi connectivity index (χ4v) is 2.89. The van der Waals surface area contributed by atoms with E-state index in [0.29, 0.717) is 11.4 Å². The molecule has 1 aliphatic heterocycles. The molecule has 1 atom stereocenters. The molecule has 0 aliphatic carbocycles. The Labute approximate surface area is 134 Å². The molecule has 0 radical (unpaired) electrons. The fourth-order valence-electron chi connectivity index (χ4n) is 2.89. The van der Waals surface area contributed by atoms with E-state index in [1.54, 1.807) is 13.0 Å². The Morgan fingerprint density at radius 2 is 1.74 bits per heavy atom. The topological polar surface area (TPSA) is 58.6 Å². The Bertz CT molecular complexity index is 773. The first-order valence-electron chi connectivity index (χ1n) is 7.35. The molecule has 3 amide bonds. The molecule has 2 aromatic carbocycles. The molecule has 5 heteroatoms. The molecular weight excluding hydrogens is 292 g/mol. The average Bonchev–Trinajstić information content (AvgIpc) is 2.79. The number of aryl methyl sites for hydroxylation is 1. The van der Waals surface area contributed by atoms with Crippen molar-refractivity contribution in [1.82, 2.24) is 5.32 Å². The highest BCUT2D eigenvalue weighted by molar-refractivity contribution is 6.24. The predicted octanol–water partition coefficient (Wildman–Crippen LogP) is 2.98. The Morgan fingerprint density at radius 1 is 1.04 bits per heavy atom. The summed E-state index contributed by atoms with van der Waals surface area (Å²) in [4.78, 5) is 26.7. The number of rotatable bonds is 3. The second-order valence-electron chi connectivity index (χ2n) is 5.69. The van der Waals surface area contributed by atoms with Crippen LogP contribution in [0.5, 0.6) is 5.75 Å². The van der Waals surface area contributed by atoms with E-state index < -0.39 is 11.6 Å². The summed E-state index contributed by atoms with van der Waals surface area (Å²) in [6.45, 7) is 3.56. The number of benzene rings is 2. The van der Waals surface area contributed by atoms with Crippen molar-refractivity contribution in [2.45, 2.75) is 19.4 Å². The second kappa shape index (κ2) is 5.43. The zero-order valence-electron chi connectivity index (χ0n) is 13.3. The molecule has 2 aromatic rings. The van der Waals surface area contributed by atoms with Gasteiger partial charge in [0.05, 0.1) is 12.8 Å². The zero-order chi connectivity index (χ0) is 16.6. The number of nitrogens with one attached hydrogen (secondary N) is 1. The van der Waals surface area contributed by atoms with E-state index in [-0.39, 0.29) is 5.91 Å². The van der Waals surface area contributed by atoms with Crippen LogP contribution in [-0.2, 0) is 10.3 Å². The van der Waals surface area contributed by atoms with Gasteiger partial charge < -0.3 is 10.1 Å². The standard InChI is InChI=1S/C18H18N2O3/c1-12-8-7-11-14(23-3)15(12)20-16(21)18(2,19-17(20)22)13-9-5-4-6-10-13/h4-11H,1-3H3,(H,19,22)/t18-/m0/s1. The fraction of sp³-hybridized carbons (Fsp3) is 0.222. The molecule has 1 fully saturated rings. The number of imide groups is 1. The summed E-state index contributed by atoms with van der Waals surface area (Å²) in [5, 5.41) is 2.81. The molecule has 1 saturated heterocycles. The van der Waals surface area contributed by atoms with Gasteiger partial charge in [-0.1, -0.05) is 42.5 Å². The average molecular weight is 310 g/mol. The van der Waals surface area contributed by atoms with Crippen LogP contribution < -0.4 is 15.0 Å². The first kappa shape index (κ1) is 15.1. The summed E-state index contributed by atoms with van der Waals surface area (Å²) in [7, 11) is 1.52. The number of nitrogens with zero attached hydrogens (tertiary/aromatic N) is 1. The van der Waals surface area contributed by atoms with Gasteiger partial charge in [0.15, 0.2) is 0 Å². The van der Waals surface area contributed by atoms with Crippen molar-refractivity contribution >= 4 is 17.6 Å². The van der Waals surface area contributed by atoms with Gasteiger partial charge in [-0.05, 0) is 31.0 Å². The van der Waals surface area contributed by atoms with E-state index in [0.717, 1.165) is 11.1 Å². The van der Waals surface area contributed by atoms with Gasteiger partial charge in [0.25, 0.3) is 5.91 Å². The maximum absolute atomic E-state index is 13.0. The summed E-state index contributed by atoms with van der Waals surface area (Å²) in [5.74, 6) is 0.173. The minimum atomic E-state index is -1.09. The number of hydrogen-bond donors (Lipinski definition) is 1. The lowest BCUT2D eigenvalue weighted by atomic mass is 9.92. The van der Waals surface area contributed by atoms with E-state index in [4.69, 9.17) is 4.74 Å². The lowest BCUT2D eigenvalue weighted by molar-refractivity contribution is -0.121. The van der Waals surface area contributed by atoms with Crippen LogP contribution in [0.2, 0.25) is 0 Å². The number of urea groups is 1. The number of hydrogen-bond acceptors (Lipinski definition) is 3. The quantitative estimate of drug-likeness (QED) is 0.887. The van der Waals surface area contributed by atoms with Gasteiger partial charge >= 0.3 is 6.03 Å². The number of para-hydroxylation sites is 1. The molecule has 1 aliphatic rings. The second-order valence-corrected chi connectivity index (χ2v) is 5.69. The summed E-state index contributed by atoms with van der Waals surface area (Å²) < 4.78 is 5.34. The van der Waals surface area contributed by atoms with Gasteiger partial charge in [0, 0.05) is 0 Å². The zero-order valence-corrected chi connectivity index (χ0v) is 13.3. The van der Waals surface area contributed by atoms with Crippen molar-refractivity contribution in [3.63, 3.8) is 0 Å². The van der Waals surface area contributed by atoms with Crippen molar-refractivity contribution in [3.05, 3.63) is 59.7 Å². The third kappa shape index (κ3) is 2.25. The first-order chi connectivity index (χ1) is 11.0. The number of amides is 3. The van der Waals surface area contributed by atoms with Crippen molar-refractivity contribution < 1.29 is 14.3 Å². The van der Waals surface area contributed by atoms with Gasteiger partial charge in [0.2, 0.25) is 0 Å². The van der Waals surface area contributed by atoms with E-state index in [2.05, 4.69) is 5.32 Å². The molecule has 118 valence electrons. The van der Waals surface area contributed by atoms with Crippen molar-refractivity contribution in [1.29, 1.82) is 0 Å². The molecule has 0 bridgehead atoms. The number of methoxy groups -OCH3 is 1. The first-order valence-corrected chi connectivity index (χ1v) is 7.35. The van der Waals surface area contributed by atoms with Crippen LogP contribution in [0.1, 0.15) is 18.1 Å². The number of carbonyl (C=O) groups excluding carboxylic acids is 2. The number of ether oxygens (including phenoxy) is 1. The van der Waals surface area contributed by atoms with Crippen LogP contribution in [0.15, 0.2) is 48.5 Å². The summed E-state index contributed by atoms with van der Waals surface area (Å²) in [6.07, 6.45) is 0. The van der Waals surface area contributed by atoms with Crippen LogP contribution in [0, 0.1) is 6.92 Å². The predicted molar refractivity (Wildman–Crippen MR) is 87.5 cm³/mol. The molecular formula is C18H18N2O3. The Hall–Kier alpha value is -2.82. The lowest BCUT2D eigenvalue weighted by Gasteiger charge is -2.23. The van der Waals surface area contributed by atoms with Crippen LogP contribution in [0.3, 0.4) is 0 Å². The van der Waals surface area contributed by atoms with Crippen molar-refractivity contribution in [3.8, 4) is 5.75 Å². The van der Waals surface area contributed by atoms with E-state index in [9.17, 15) is 9.59 Å². The SMILES string of the molecule is COc1cccc(C)c1N1C(=O)N[C@@](C)(c2ccccc2)C1=O. The molecule has 23 heavy (non-hydrogen) atoms. The normalized spacial score (nSPS) is 20.6. The third-order valence-corrected chi connectivity index (χ3v) is 4.19. The van der Waals surface area contributed by atoms with Gasteiger partial charge in [-0.25, -0.2) is 9.69 Å². The molecule has 5 nitrogen and oxygen atoms in total. The summed E-state index contributed by atoms with van der Waals surface area (Å²) in [6, 6.07) is 14.2. The molecule has 0 unspecified atom stereocenters. The smallest absolute Gasteiger partial charge is 0.330 e. The van der Waals surface area contributed by atoms with Gasteiger partial charge in [-0.15, -0.1) is 0 Å². The minimum absolute atomic E-state index is 0.318. The minimum Gasteiger partial charge on any atom is -0.495 e. The number of carbonyl (C=O) groups is 2. The van der Waals surface area contributed by atoms with E-state index in [1.165, 1.54) is 12.0 Å². The van der Waals surface area contributed by atoms with Crippen LogP contribution in [0.25, 0.3) is 0 Å². The van der Waals surface area contributed by atoms with Crippen molar-refractivity contribution in [2.75, 3.05) is 12.0 Å². The van der Waals surface area contributed by atoms with E-state index >= 15 is 0 Å². The highest BCUT2D eigenvalue weighted by atomic mass is 16.5.